The molecule has 29 nitrogen and oxygen atoms in total. The van der Waals surface area contributed by atoms with Crippen molar-refractivity contribution in [3.05, 3.63) is 0 Å². The van der Waals surface area contributed by atoms with Gasteiger partial charge in [-0.2, -0.15) is 12.6 Å². The highest BCUT2D eigenvalue weighted by Gasteiger charge is 2.42. The molecule has 0 aliphatic carbocycles. The monoisotopic (exact) mass is 1160 g/mol. The van der Waals surface area contributed by atoms with Gasteiger partial charge in [0.05, 0.1) is 12.6 Å². The van der Waals surface area contributed by atoms with Gasteiger partial charge in [-0.1, -0.05) is 55.4 Å². The van der Waals surface area contributed by atoms with Crippen LogP contribution in [0.25, 0.3) is 0 Å². The molecule has 454 valence electrons. The Morgan fingerprint density at radius 1 is 0.588 bits per heavy atom. The number of aliphatic hydroxyl groups excluding tert-OH is 1. The van der Waals surface area contributed by atoms with E-state index in [1.807, 2.05) is 13.8 Å². The average Bonchev–Trinajstić information content (AvgIpc) is 3.86. The van der Waals surface area contributed by atoms with Gasteiger partial charge in [-0.25, -0.2) is 4.79 Å². The van der Waals surface area contributed by atoms with Crippen molar-refractivity contribution in [1.29, 1.82) is 0 Å². The maximum atomic E-state index is 14.2. The van der Waals surface area contributed by atoms with E-state index < -0.39 is 156 Å². The largest absolute Gasteiger partial charge is 0.480 e. The van der Waals surface area contributed by atoms with Crippen LogP contribution in [0.5, 0.6) is 0 Å². The molecule has 11 atom stereocenters. The van der Waals surface area contributed by atoms with Gasteiger partial charge in [-0.3, -0.25) is 57.7 Å². The second-order valence-electron chi connectivity index (χ2n) is 21.4. The van der Waals surface area contributed by atoms with Crippen LogP contribution >= 0.6 is 12.6 Å². The van der Waals surface area contributed by atoms with E-state index in [0.29, 0.717) is 6.42 Å². The van der Waals surface area contributed by atoms with Crippen LogP contribution < -0.4 is 70.8 Å². The van der Waals surface area contributed by atoms with Crippen molar-refractivity contribution in [2.24, 2.45) is 51.6 Å². The first-order chi connectivity index (χ1) is 37.3. The van der Waals surface area contributed by atoms with Crippen molar-refractivity contribution >= 4 is 89.5 Å². The molecule has 80 heavy (non-hydrogen) atoms. The molecule has 1 heterocycles. The number of carbonyl (C=O) groups excluding carboxylic acids is 11. The van der Waals surface area contributed by atoms with E-state index in [-0.39, 0.29) is 81.7 Å². The molecular formula is C50H89N15O14S. The number of primary amides is 1. The van der Waals surface area contributed by atoms with Crippen molar-refractivity contribution in [2.45, 2.75) is 187 Å². The normalized spacial score (nSPS) is 17.0. The van der Waals surface area contributed by atoms with Crippen molar-refractivity contribution in [1.82, 2.24) is 52.8 Å². The minimum atomic E-state index is -1.65. The van der Waals surface area contributed by atoms with Gasteiger partial charge < -0.3 is 85.9 Å². The predicted octanol–water partition coefficient (Wildman–Crippen LogP) is -4.56. The van der Waals surface area contributed by atoms with E-state index in [1.165, 1.54) is 13.8 Å². The quantitative estimate of drug-likeness (QED) is 0.0123. The number of guanidine groups is 1. The van der Waals surface area contributed by atoms with Crippen LogP contribution in [0.3, 0.4) is 0 Å². The fourth-order valence-electron chi connectivity index (χ4n) is 8.34. The number of carboxylic acids is 1. The van der Waals surface area contributed by atoms with Gasteiger partial charge in [-0.15, -0.1) is 0 Å². The fourth-order valence-corrected chi connectivity index (χ4v) is 8.60. The number of rotatable bonds is 35. The summed E-state index contributed by atoms with van der Waals surface area (Å²) >= 11 is 4.20. The summed E-state index contributed by atoms with van der Waals surface area (Å²) < 4.78 is 0. The number of nitrogens with one attached hydrogen (secondary N) is 9. The zero-order chi connectivity index (χ0) is 61.3. The minimum Gasteiger partial charge on any atom is -0.480 e. The molecule has 0 bridgehead atoms. The molecule has 1 saturated heterocycles. The number of nitrogens with two attached hydrogens (primary N) is 4. The van der Waals surface area contributed by atoms with Gasteiger partial charge >= 0.3 is 5.97 Å². The molecule has 0 aromatic rings. The number of carboxylic acid groups (broad SMARTS) is 1. The molecule has 0 unspecified atom stereocenters. The van der Waals surface area contributed by atoms with E-state index in [2.05, 4.69) is 65.5 Å². The molecule has 0 spiro atoms. The lowest BCUT2D eigenvalue weighted by atomic mass is 10.00. The van der Waals surface area contributed by atoms with Gasteiger partial charge in [0.1, 0.15) is 60.4 Å². The lowest BCUT2D eigenvalue weighted by molar-refractivity contribution is -0.145. The highest BCUT2D eigenvalue weighted by Crippen LogP contribution is 2.21. The molecule has 1 aliphatic rings. The number of aliphatic imine (C=N–C) groups is 1. The Bertz CT molecular complexity index is 2190. The topological polar surface area (TPSA) is 473 Å². The molecular weight excluding hydrogens is 1070 g/mol. The smallest absolute Gasteiger partial charge is 0.326 e. The summed E-state index contributed by atoms with van der Waals surface area (Å²) in [6.07, 6.45) is -1.46. The Morgan fingerprint density at radius 2 is 1.06 bits per heavy atom. The lowest BCUT2D eigenvalue weighted by Crippen LogP contribution is -2.62. The zero-order valence-corrected chi connectivity index (χ0v) is 48.5. The Kier molecular flexibility index (Phi) is 31.2. The number of aliphatic carboxylic acids is 1. The average molecular weight is 1160 g/mol. The number of carbonyl (C=O) groups is 12. The van der Waals surface area contributed by atoms with Crippen LogP contribution in [0.4, 0.5) is 0 Å². The summed E-state index contributed by atoms with van der Waals surface area (Å²) in [6.45, 7) is 15.8. The van der Waals surface area contributed by atoms with Gasteiger partial charge in [0.15, 0.2) is 5.96 Å². The number of aliphatic hydroxyl groups is 1. The van der Waals surface area contributed by atoms with Crippen LogP contribution in [-0.4, -0.2) is 184 Å². The van der Waals surface area contributed by atoms with Crippen molar-refractivity contribution < 1.29 is 67.7 Å². The number of likely N-dealkylation sites (tertiary alicyclic amines) is 1. The van der Waals surface area contributed by atoms with Crippen molar-refractivity contribution in [3.63, 3.8) is 0 Å². The fraction of sp³-hybridized carbons (Fsp3) is 0.740. The Hall–Kier alpha value is -6.82. The Labute approximate surface area is 472 Å². The summed E-state index contributed by atoms with van der Waals surface area (Å²) in [5.74, 6) is -12.1. The number of amides is 11. The van der Waals surface area contributed by atoms with Crippen LogP contribution in [0.2, 0.25) is 0 Å². The SMILES string of the molecule is CC(C)C[C@H](NC(=O)CN)C(=O)N[C@@H](CS)C(=O)N[C@H](C(=O)N[C@@H](C)C(=O)N[C@H](C(=O)N1CCC[C@H]1C(=O)N[C@H](C(=O)N[C@@H](CCC(N)=O)C(=O)N[C@@H](CC(C)C)C(=O)N[C@@H](CCCN=C(N)N)C(=O)O)C(C)C)[C@@H](C)O)C(C)C. The first-order valence-corrected chi connectivity index (χ1v) is 27.5. The van der Waals surface area contributed by atoms with Gasteiger partial charge in [-0.05, 0) is 82.5 Å². The molecule has 1 aliphatic heterocycles. The van der Waals surface area contributed by atoms with Crippen molar-refractivity contribution in [2.75, 3.05) is 25.4 Å². The molecule has 30 heteroatoms. The minimum absolute atomic E-state index is 0.00326. The summed E-state index contributed by atoms with van der Waals surface area (Å²) in [4.78, 5) is 164. The van der Waals surface area contributed by atoms with Crippen LogP contribution in [0.1, 0.15) is 121 Å². The highest BCUT2D eigenvalue weighted by atomic mass is 32.1. The lowest BCUT2D eigenvalue weighted by Gasteiger charge is -2.32. The first-order valence-electron chi connectivity index (χ1n) is 26.8. The third-order valence-corrected chi connectivity index (χ3v) is 13.1. The number of thiol groups is 1. The molecule has 1 rings (SSSR count). The van der Waals surface area contributed by atoms with E-state index >= 15 is 0 Å². The van der Waals surface area contributed by atoms with Gasteiger partial charge in [0.25, 0.3) is 0 Å². The molecule has 11 amide bonds. The highest BCUT2D eigenvalue weighted by molar-refractivity contribution is 7.80. The van der Waals surface area contributed by atoms with Crippen LogP contribution in [0, 0.1) is 23.7 Å². The van der Waals surface area contributed by atoms with E-state index in [9.17, 15) is 67.7 Å². The van der Waals surface area contributed by atoms with Gasteiger partial charge in [0, 0.05) is 25.3 Å². The molecule has 19 N–H and O–H groups in total. The third-order valence-electron chi connectivity index (χ3n) is 12.7. The number of hydrogen-bond donors (Lipinski definition) is 16. The number of nitrogens with zero attached hydrogens (tertiary/aromatic N) is 2. The third kappa shape index (κ3) is 24.7. The van der Waals surface area contributed by atoms with E-state index in [0.717, 1.165) is 4.90 Å². The predicted molar refractivity (Wildman–Crippen MR) is 297 cm³/mol. The van der Waals surface area contributed by atoms with E-state index in [4.69, 9.17) is 22.9 Å². The first kappa shape index (κ1) is 71.2. The Balaban J connectivity index is 3.25. The van der Waals surface area contributed by atoms with E-state index in [1.54, 1.807) is 41.5 Å². The molecule has 0 radical (unpaired) electrons. The second kappa shape index (κ2) is 35.0. The second-order valence-corrected chi connectivity index (χ2v) is 21.8. The number of hydrogen-bond acceptors (Lipinski definition) is 16. The maximum absolute atomic E-state index is 14.2. The summed E-state index contributed by atoms with van der Waals surface area (Å²) in [6, 6.07) is -13.3. The summed E-state index contributed by atoms with van der Waals surface area (Å²) in [7, 11) is 0. The zero-order valence-electron chi connectivity index (χ0n) is 47.6. The standard InChI is InChI=1S/C50H89N15O14S/c1-23(2)19-31(57-36(68)21-51)42(71)61-33(22-80)44(73)62-37(25(5)6)46(75)56-27(9)40(69)64-39(28(10)66)48(77)65-18-12-14-34(65)45(74)63-38(26(7)8)47(76)58-29(15-16-35(52)67)41(70)60-32(20-24(3)4)43(72)59-30(49(78)79)13-11-17-55-50(53)54/h23-34,37-39,66,80H,11-22,51H2,1-10H3,(H2,52,67)(H,56,75)(H,57,68)(H,58,76)(H,59,72)(H,60,70)(H,61,71)(H,62,73)(H,63,74)(H,64,69)(H,78,79)(H4,53,54,55)/t27-,28+,29-,30-,31-,32-,33-,34-,37-,38-,39-/m0/s1. The molecule has 0 saturated carbocycles. The van der Waals surface area contributed by atoms with Crippen molar-refractivity contribution in [3.8, 4) is 0 Å². The summed E-state index contributed by atoms with van der Waals surface area (Å²) in [5, 5.41) is 43.3. The van der Waals surface area contributed by atoms with Crippen LogP contribution in [0.15, 0.2) is 4.99 Å². The molecule has 0 aromatic heterocycles. The summed E-state index contributed by atoms with van der Waals surface area (Å²) in [5.41, 5.74) is 21.5. The maximum Gasteiger partial charge on any atom is 0.326 e. The Morgan fingerprint density at radius 3 is 1.55 bits per heavy atom. The molecule has 0 aromatic carbocycles. The van der Waals surface area contributed by atoms with Crippen LogP contribution in [-0.2, 0) is 57.5 Å². The van der Waals surface area contributed by atoms with Gasteiger partial charge in [0.2, 0.25) is 65.0 Å². The molecule has 1 fully saturated rings.